The number of Topliss-reactive ketones (excluding diaryl/α,β-unsaturated/α-hetero) is 2. The van der Waals surface area contributed by atoms with Crippen LogP contribution in [0.1, 0.15) is 27.2 Å². The summed E-state index contributed by atoms with van der Waals surface area (Å²) < 4.78 is 5.04. The van der Waals surface area contributed by atoms with Gasteiger partial charge in [0, 0.05) is 12.5 Å². The highest BCUT2D eigenvalue weighted by atomic mass is 16.5. The van der Waals surface area contributed by atoms with Crippen LogP contribution in [0.15, 0.2) is 23.2 Å². The lowest BCUT2D eigenvalue weighted by Gasteiger charge is -2.29. The van der Waals surface area contributed by atoms with E-state index in [1.807, 2.05) is 0 Å². The maximum absolute atomic E-state index is 12.1. The lowest BCUT2D eigenvalue weighted by atomic mass is 9.76. The van der Waals surface area contributed by atoms with Crippen LogP contribution in [0.5, 0.6) is 0 Å². The van der Waals surface area contributed by atoms with Gasteiger partial charge >= 0.3 is 0 Å². The van der Waals surface area contributed by atoms with Crippen molar-refractivity contribution in [3.8, 4) is 0 Å². The van der Waals surface area contributed by atoms with Gasteiger partial charge < -0.3 is 9.84 Å². The van der Waals surface area contributed by atoms with E-state index in [0.29, 0.717) is 5.76 Å². The highest BCUT2D eigenvalue weighted by Crippen LogP contribution is 2.36. The molecule has 0 atom stereocenters. The van der Waals surface area contributed by atoms with Crippen molar-refractivity contribution >= 4 is 11.6 Å². The average molecular weight is 224 g/mol. The number of rotatable bonds is 3. The molecule has 0 radical (unpaired) electrons. The van der Waals surface area contributed by atoms with Crippen LogP contribution in [0.2, 0.25) is 0 Å². The Labute approximate surface area is 94.6 Å². The Morgan fingerprint density at radius 3 is 2.50 bits per heavy atom. The average Bonchev–Trinajstić information content (AvgIpc) is 2.23. The fourth-order valence-electron chi connectivity index (χ4n) is 1.68. The number of hydrogen-bond acceptors (Lipinski definition) is 4. The maximum Gasteiger partial charge on any atom is 0.183 e. The van der Waals surface area contributed by atoms with E-state index in [1.165, 1.54) is 13.2 Å². The quantitative estimate of drug-likeness (QED) is 0.744. The second kappa shape index (κ2) is 4.12. The molecule has 0 unspecified atom stereocenters. The van der Waals surface area contributed by atoms with Gasteiger partial charge in [-0.1, -0.05) is 6.92 Å². The number of hydrogen-bond donors (Lipinski definition) is 1. The number of aliphatic hydroxyl groups is 1. The monoisotopic (exact) mass is 224 g/mol. The molecule has 0 saturated heterocycles. The molecule has 0 aromatic rings. The Morgan fingerprint density at radius 2 is 2.06 bits per heavy atom. The summed E-state index contributed by atoms with van der Waals surface area (Å²) in [5.41, 5.74) is -1.02. The Balaban J connectivity index is 3.34. The van der Waals surface area contributed by atoms with E-state index in [1.54, 1.807) is 20.8 Å². The summed E-state index contributed by atoms with van der Waals surface area (Å²) in [6, 6.07) is 0. The number of methoxy groups -OCH3 is 1. The molecule has 0 bridgehead atoms. The number of carbonyl (C=O) groups excluding carboxylic acids is 2. The second-order valence-corrected chi connectivity index (χ2v) is 4.20. The standard InChI is InChI=1S/C12H16O4/c1-5-7(13)10-8(14)6-9(16-4)12(2,3)11(10)15/h6,14H,5H2,1-4H3. The summed E-state index contributed by atoms with van der Waals surface area (Å²) in [5.74, 6) is -0.672. The molecule has 0 fully saturated rings. The molecule has 0 amide bonds. The minimum Gasteiger partial charge on any atom is -0.507 e. The number of ether oxygens (including phenoxy) is 1. The summed E-state index contributed by atoms with van der Waals surface area (Å²) in [5, 5.41) is 9.66. The zero-order chi connectivity index (χ0) is 12.5. The molecular weight excluding hydrogens is 208 g/mol. The van der Waals surface area contributed by atoms with E-state index < -0.39 is 11.2 Å². The van der Waals surface area contributed by atoms with Crippen molar-refractivity contribution < 1.29 is 19.4 Å². The first-order valence-electron chi connectivity index (χ1n) is 5.13. The number of allylic oxidation sites excluding steroid dienone is 3. The molecular formula is C12H16O4. The lowest BCUT2D eigenvalue weighted by molar-refractivity contribution is -0.127. The van der Waals surface area contributed by atoms with Crippen molar-refractivity contribution in [2.24, 2.45) is 5.41 Å². The smallest absolute Gasteiger partial charge is 0.183 e. The molecule has 0 aliphatic heterocycles. The molecule has 1 aliphatic rings. The highest BCUT2D eigenvalue weighted by Gasteiger charge is 2.42. The maximum atomic E-state index is 12.1. The number of aliphatic hydroxyl groups excluding tert-OH is 1. The fraction of sp³-hybridized carbons (Fsp3) is 0.500. The topological polar surface area (TPSA) is 63.6 Å². The summed E-state index contributed by atoms with van der Waals surface area (Å²) in [7, 11) is 1.43. The van der Waals surface area contributed by atoms with E-state index >= 15 is 0 Å². The van der Waals surface area contributed by atoms with Crippen molar-refractivity contribution in [1.82, 2.24) is 0 Å². The summed E-state index contributed by atoms with van der Waals surface area (Å²) >= 11 is 0. The van der Waals surface area contributed by atoms with Gasteiger partial charge in [-0.3, -0.25) is 9.59 Å². The van der Waals surface area contributed by atoms with Gasteiger partial charge in [-0.25, -0.2) is 0 Å². The van der Waals surface area contributed by atoms with E-state index in [-0.39, 0.29) is 23.5 Å². The van der Waals surface area contributed by atoms with Gasteiger partial charge in [0.1, 0.15) is 17.1 Å². The van der Waals surface area contributed by atoms with E-state index in [9.17, 15) is 14.7 Å². The molecule has 0 aromatic heterocycles. The van der Waals surface area contributed by atoms with E-state index in [0.717, 1.165) is 0 Å². The van der Waals surface area contributed by atoms with Crippen LogP contribution in [0, 0.1) is 5.41 Å². The van der Waals surface area contributed by atoms with Crippen LogP contribution >= 0.6 is 0 Å². The van der Waals surface area contributed by atoms with Crippen molar-refractivity contribution in [2.45, 2.75) is 27.2 Å². The number of carbonyl (C=O) groups is 2. The lowest BCUT2D eigenvalue weighted by Crippen LogP contribution is -2.35. The van der Waals surface area contributed by atoms with Crippen LogP contribution in [0.3, 0.4) is 0 Å². The Bertz CT molecular complexity index is 399. The molecule has 1 N–H and O–H groups in total. The molecule has 88 valence electrons. The van der Waals surface area contributed by atoms with Crippen LogP contribution < -0.4 is 0 Å². The summed E-state index contributed by atoms with van der Waals surface area (Å²) in [6.45, 7) is 4.98. The Kier molecular flexibility index (Phi) is 3.21. The zero-order valence-corrected chi connectivity index (χ0v) is 9.96. The minimum atomic E-state index is -0.902. The van der Waals surface area contributed by atoms with Crippen LogP contribution in [-0.4, -0.2) is 23.8 Å². The van der Waals surface area contributed by atoms with Gasteiger partial charge in [0.05, 0.1) is 12.5 Å². The predicted octanol–water partition coefficient (Wildman–Crippen LogP) is 1.92. The van der Waals surface area contributed by atoms with Crippen molar-refractivity contribution in [2.75, 3.05) is 7.11 Å². The molecule has 0 saturated carbocycles. The van der Waals surface area contributed by atoms with Gasteiger partial charge in [-0.05, 0) is 13.8 Å². The van der Waals surface area contributed by atoms with Gasteiger partial charge in [0.15, 0.2) is 11.6 Å². The second-order valence-electron chi connectivity index (χ2n) is 4.20. The Hall–Kier alpha value is -1.58. The van der Waals surface area contributed by atoms with Gasteiger partial charge in [0.2, 0.25) is 0 Å². The third-order valence-electron chi connectivity index (χ3n) is 2.75. The predicted molar refractivity (Wildman–Crippen MR) is 58.8 cm³/mol. The summed E-state index contributed by atoms with van der Waals surface area (Å²) in [4.78, 5) is 23.6. The fourth-order valence-corrected chi connectivity index (χ4v) is 1.68. The van der Waals surface area contributed by atoms with Gasteiger partial charge in [-0.2, -0.15) is 0 Å². The van der Waals surface area contributed by atoms with E-state index in [2.05, 4.69) is 0 Å². The number of ketones is 2. The molecule has 16 heavy (non-hydrogen) atoms. The van der Waals surface area contributed by atoms with Crippen molar-refractivity contribution in [3.63, 3.8) is 0 Å². The normalized spacial score (nSPS) is 19.5. The summed E-state index contributed by atoms with van der Waals surface area (Å²) in [6.07, 6.45) is 1.53. The zero-order valence-electron chi connectivity index (χ0n) is 9.96. The molecule has 0 aromatic carbocycles. The molecule has 4 heteroatoms. The van der Waals surface area contributed by atoms with Crippen molar-refractivity contribution in [1.29, 1.82) is 0 Å². The first-order chi connectivity index (χ1) is 7.36. The largest absolute Gasteiger partial charge is 0.507 e. The van der Waals surface area contributed by atoms with Crippen LogP contribution in [-0.2, 0) is 14.3 Å². The van der Waals surface area contributed by atoms with Crippen LogP contribution in [0.4, 0.5) is 0 Å². The van der Waals surface area contributed by atoms with E-state index in [4.69, 9.17) is 4.74 Å². The molecule has 1 rings (SSSR count). The molecule has 1 aliphatic carbocycles. The van der Waals surface area contributed by atoms with Crippen LogP contribution in [0.25, 0.3) is 0 Å². The first-order valence-corrected chi connectivity index (χ1v) is 5.13. The Morgan fingerprint density at radius 1 is 1.50 bits per heavy atom. The minimum absolute atomic E-state index is 0.117. The molecule has 4 nitrogen and oxygen atoms in total. The van der Waals surface area contributed by atoms with Gasteiger partial charge in [0.25, 0.3) is 0 Å². The van der Waals surface area contributed by atoms with Crippen molar-refractivity contribution in [3.05, 3.63) is 23.2 Å². The first kappa shape index (κ1) is 12.5. The SMILES string of the molecule is CCC(=O)C1=C(O)C=C(OC)C(C)(C)C1=O. The highest BCUT2D eigenvalue weighted by molar-refractivity contribution is 6.23. The molecule has 0 heterocycles. The molecule has 0 spiro atoms. The third-order valence-corrected chi connectivity index (χ3v) is 2.75. The van der Waals surface area contributed by atoms with Gasteiger partial charge in [-0.15, -0.1) is 0 Å². The third kappa shape index (κ3) is 1.75.